The number of hydrogen-bond donors (Lipinski definition) is 4. The highest BCUT2D eigenvalue weighted by Gasteiger charge is 2.35. The fourth-order valence-electron chi connectivity index (χ4n) is 2.85. The normalized spacial score (nSPS) is 20.9. The SMILES string of the molecule is COc1ccc(C(=O)NC2C(=O)NC(SCc3cccc([N+](=O)[O-])c3)NC2N)cc1. The molecule has 10 nitrogen and oxygen atoms in total. The summed E-state index contributed by atoms with van der Waals surface area (Å²) in [7, 11) is 1.53. The Morgan fingerprint density at radius 3 is 2.67 bits per heavy atom. The van der Waals surface area contributed by atoms with Crippen molar-refractivity contribution in [3.63, 3.8) is 0 Å². The minimum Gasteiger partial charge on any atom is -0.497 e. The number of ether oxygens (including phenoxy) is 1. The molecule has 11 heteroatoms. The highest BCUT2D eigenvalue weighted by molar-refractivity contribution is 7.99. The third-order valence-electron chi connectivity index (χ3n) is 4.44. The first kappa shape index (κ1) is 21.6. The summed E-state index contributed by atoms with van der Waals surface area (Å²) in [6, 6.07) is 11.8. The van der Waals surface area contributed by atoms with E-state index in [9.17, 15) is 19.7 Å². The van der Waals surface area contributed by atoms with Crippen LogP contribution in [0.3, 0.4) is 0 Å². The van der Waals surface area contributed by atoms with Crippen molar-refractivity contribution in [2.45, 2.75) is 23.5 Å². The molecule has 1 aliphatic heterocycles. The minimum absolute atomic E-state index is 0.00625. The highest BCUT2D eigenvalue weighted by Crippen LogP contribution is 2.21. The summed E-state index contributed by atoms with van der Waals surface area (Å²) >= 11 is 1.33. The zero-order valence-corrected chi connectivity index (χ0v) is 16.8. The van der Waals surface area contributed by atoms with Crippen LogP contribution in [0.1, 0.15) is 15.9 Å². The van der Waals surface area contributed by atoms with Crippen LogP contribution >= 0.6 is 11.8 Å². The Bertz CT molecular complexity index is 939. The van der Waals surface area contributed by atoms with Crippen LogP contribution in [-0.2, 0) is 10.5 Å². The van der Waals surface area contributed by atoms with Gasteiger partial charge in [0.1, 0.15) is 17.3 Å². The maximum atomic E-state index is 12.5. The molecule has 30 heavy (non-hydrogen) atoms. The largest absolute Gasteiger partial charge is 0.497 e. The number of nitrogens with two attached hydrogens (primary N) is 1. The number of nitrogens with one attached hydrogen (secondary N) is 3. The van der Waals surface area contributed by atoms with Gasteiger partial charge in [0.25, 0.3) is 11.6 Å². The lowest BCUT2D eigenvalue weighted by Gasteiger charge is -2.35. The third kappa shape index (κ3) is 5.26. The number of non-ortho nitro benzene ring substituents is 1. The standard InChI is InChI=1S/C19H21N5O5S/c1-29-14-7-5-12(6-8-14)17(25)21-15-16(20)22-19(23-18(15)26)30-10-11-3-2-4-13(9-11)24(27)28/h2-9,15-16,19,22H,10,20H2,1H3,(H,21,25)(H,23,26). The second-order valence-corrected chi connectivity index (χ2v) is 7.59. The number of thioether (sulfide) groups is 1. The number of nitro groups is 1. The summed E-state index contributed by atoms with van der Waals surface area (Å²) in [6.45, 7) is 0. The van der Waals surface area contributed by atoms with Gasteiger partial charge in [-0.3, -0.25) is 25.0 Å². The van der Waals surface area contributed by atoms with E-state index in [2.05, 4.69) is 16.0 Å². The minimum atomic E-state index is -0.950. The van der Waals surface area contributed by atoms with E-state index in [0.29, 0.717) is 17.1 Å². The van der Waals surface area contributed by atoms with Crippen LogP contribution in [-0.4, -0.2) is 41.6 Å². The Labute approximate surface area is 176 Å². The number of nitro benzene ring substituents is 1. The average Bonchev–Trinajstić information content (AvgIpc) is 2.75. The fraction of sp³-hybridized carbons (Fsp3) is 0.263. The number of carbonyl (C=O) groups is 2. The molecule has 0 bridgehead atoms. The summed E-state index contributed by atoms with van der Waals surface area (Å²) in [5.74, 6) is 0.191. The number of amides is 2. The van der Waals surface area contributed by atoms with Crippen LogP contribution in [0.4, 0.5) is 5.69 Å². The molecule has 158 valence electrons. The van der Waals surface area contributed by atoms with Gasteiger partial charge in [-0.05, 0) is 29.8 Å². The molecule has 1 saturated heterocycles. The van der Waals surface area contributed by atoms with Gasteiger partial charge in [0.15, 0.2) is 0 Å². The Kier molecular flexibility index (Phi) is 6.87. The predicted molar refractivity (Wildman–Crippen MR) is 112 cm³/mol. The first-order chi connectivity index (χ1) is 14.4. The van der Waals surface area contributed by atoms with Gasteiger partial charge in [0, 0.05) is 23.4 Å². The van der Waals surface area contributed by atoms with E-state index in [1.54, 1.807) is 36.4 Å². The molecular weight excluding hydrogens is 410 g/mol. The van der Waals surface area contributed by atoms with Crippen molar-refractivity contribution in [3.05, 3.63) is 69.8 Å². The van der Waals surface area contributed by atoms with Gasteiger partial charge in [-0.25, -0.2) is 0 Å². The van der Waals surface area contributed by atoms with Gasteiger partial charge in [0.2, 0.25) is 5.91 Å². The number of methoxy groups -OCH3 is 1. The molecule has 1 fully saturated rings. The lowest BCUT2D eigenvalue weighted by atomic mass is 10.1. The first-order valence-electron chi connectivity index (χ1n) is 8.99. The van der Waals surface area contributed by atoms with E-state index in [4.69, 9.17) is 10.5 Å². The average molecular weight is 431 g/mol. The van der Waals surface area contributed by atoms with Crippen molar-refractivity contribution in [3.8, 4) is 5.75 Å². The lowest BCUT2D eigenvalue weighted by Crippen LogP contribution is -2.70. The predicted octanol–water partition coefficient (Wildman–Crippen LogP) is 0.923. The zero-order chi connectivity index (χ0) is 21.7. The van der Waals surface area contributed by atoms with E-state index in [-0.39, 0.29) is 5.69 Å². The molecule has 3 atom stereocenters. The van der Waals surface area contributed by atoms with E-state index < -0.39 is 34.4 Å². The number of carbonyl (C=O) groups excluding carboxylic acids is 2. The van der Waals surface area contributed by atoms with Crippen LogP contribution in [0.15, 0.2) is 48.5 Å². The molecule has 2 amide bonds. The fourth-order valence-corrected chi connectivity index (χ4v) is 3.84. The Hall–Kier alpha value is -3.15. The van der Waals surface area contributed by atoms with Crippen LogP contribution < -0.4 is 26.4 Å². The van der Waals surface area contributed by atoms with Crippen molar-refractivity contribution in [1.82, 2.24) is 16.0 Å². The molecule has 5 N–H and O–H groups in total. The van der Waals surface area contributed by atoms with E-state index >= 15 is 0 Å². The van der Waals surface area contributed by atoms with Crippen molar-refractivity contribution in [1.29, 1.82) is 0 Å². The molecule has 3 rings (SSSR count). The molecule has 2 aromatic rings. The van der Waals surface area contributed by atoms with Crippen LogP contribution in [0.2, 0.25) is 0 Å². The quantitative estimate of drug-likeness (QED) is 0.374. The van der Waals surface area contributed by atoms with Gasteiger partial charge in [-0.1, -0.05) is 12.1 Å². The smallest absolute Gasteiger partial charge is 0.269 e. The van der Waals surface area contributed by atoms with Gasteiger partial charge < -0.3 is 21.1 Å². The Morgan fingerprint density at radius 2 is 2.03 bits per heavy atom. The maximum Gasteiger partial charge on any atom is 0.269 e. The van der Waals surface area contributed by atoms with Crippen molar-refractivity contribution in [2.24, 2.45) is 5.73 Å². The summed E-state index contributed by atoms with van der Waals surface area (Å²) < 4.78 is 5.06. The summed E-state index contributed by atoms with van der Waals surface area (Å²) in [6.07, 6.45) is -0.802. The second kappa shape index (κ2) is 9.57. The molecule has 3 unspecified atom stereocenters. The number of rotatable bonds is 7. The van der Waals surface area contributed by atoms with Crippen LogP contribution in [0.25, 0.3) is 0 Å². The summed E-state index contributed by atoms with van der Waals surface area (Å²) in [5.41, 5.74) is 6.68. The molecular formula is C19H21N5O5S. The highest BCUT2D eigenvalue weighted by atomic mass is 32.2. The van der Waals surface area contributed by atoms with E-state index in [1.165, 1.54) is 31.0 Å². The molecule has 0 saturated carbocycles. The van der Waals surface area contributed by atoms with Gasteiger partial charge in [-0.15, -0.1) is 11.8 Å². The van der Waals surface area contributed by atoms with E-state index in [1.807, 2.05) is 0 Å². The molecule has 2 aromatic carbocycles. The molecule has 0 radical (unpaired) electrons. The molecule has 0 aromatic heterocycles. The zero-order valence-electron chi connectivity index (χ0n) is 16.0. The maximum absolute atomic E-state index is 12.5. The number of benzene rings is 2. The van der Waals surface area contributed by atoms with Crippen LogP contribution in [0, 0.1) is 10.1 Å². The lowest BCUT2D eigenvalue weighted by molar-refractivity contribution is -0.384. The van der Waals surface area contributed by atoms with Crippen molar-refractivity contribution in [2.75, 3.05) is 7.11 Å². The number of hydrogen-bond acceptors (Lipinski definition) is 8. The second-order valence-electron chi connectivity index (χ2n) is 6.50. The van der Waals surface area contributed by atoms with Gasteiger partial charge >= 0.3 is 0 Å². The molecule has 1 aliphatic rings. The number of nitrogens with zero attached hydrogens (tertiary/aromatic N) is 1. The summed E-state index contributed by atoms with van der Waals surface area (Å²) in [4.78, 5) is 35.3. The van der Waals surface area contributed by atoms with Gasteiger partial charge in [0.05, 0.1) is 18.2 Å². The molecule has 0 aliphatic carbocycles. The third-order valence-corrected chi connectivity index (χ3v) is 5.52. The molecule has 0 spiro atoms. The van der Waals surface area contributed by atoms with Crippen LogP contribution in [0.5, 0.6) is 5.75 Å². The Morgan fingerprint density at radius 1 is 1.30 bits per heavy atom. The topological polar surface area (TPSA) is 149 Å². The Balaban J connectivity index is 1.55. The van der Waals surface area contributed by atoms with Crippen molar-refractivity contribution >= 4 is 29.3 Å². The summed E-state index contributed by atoms with van der Waals surface area (Å²) in [5, 5.41) is 19.3. The van der Waals surface area contributed by atoms with Crippen molar-refractivity contribution < 1.29 is 19.2 Å². The molecule has 1 heterocycles. The van der Waals surface area contributed by atoms with Gasteiger partial charge in [-0.2, -0.15) is 0 Å². The first-order valence-corrected chi connectivity index (χ1v) is 10.0. The monoisotopic (exact) mass is 431 g/mol. The van der Waals surface area contributed by atoms with E-state index in [0.717, 1.165) is 5.56 Å².